The number of hydrogen-bond donors (Lipinski definition) is 1. The predicted molar refractivity (Wildman–Crippen MR) is 88.2 cm³/mol. The van der Waals surface area contributed by atoms with Crippen molar-refractivity contribution in [1.29, 1.82) is 0 Å². The summed E-state index contributed by atoms with van der Waals surface area (Å²) in [6, 6.07) is 8.13. The number of aromatic nitrogens is 2. The van der Waals surface area contributed by atoms with Gasteiger partial charge in [0, 0.05) is 6.07 Å². The minimum Gasteiger partial charge on any atom is -0.369 e. The highest BCUT2D eigenvalue weighted by Gasteiger charge is 2.13. The van der Waals surface area contributed by atoms with Crippen molar-refractivity contribution in [3.63, 3.8) is 0 Å². The van der Waals surface area contributed by atoms with Crippen molar-refractivity contribution in [3.05, 3.63) is 49.8 Å². The highest BCUT2D eigenvalue weighted by molar-refractivity contribution is 14.1. The Bertz CT molecular complexity index is 832. The van der Waals surface area contributed by atoms with Crippen LogP contribution in [0.25, 0.3) is 16.7 Å². The Hall–Kier alpha value is -1.05. The lowest BCUT2D eigenvalue weighted by atomic mass is 10.2. The van der Waals surface area contributed by atoms with Crippen LogP contribution >= 0.6 is 45.8 Å². The highest BCUT2D eigenvalue weighted by Crippen LogP contribution is 2.30. The van der Waals surface area contributed by atoms with E-state index in [2.05, 4.69) is 4.98 Å². The molecule has 2 N–H and O–H groups in total. The first-order valence-electron chi connectivity index (χ1n) is 5.56. The van der Waals surface area contributed by atoms with E-state index in [4.69, 9.17) is 28.9 Å². The van der Waals surface area contributed by atoms with Crippen molar-refractivity contribution in [3.8, 4) is 5.69 Å². The van der Waals surface area contributed by atoms with Crippen LogP contribution in [-0.2, 0) is 0 Å². The third-order valence-corrected chi connectivity index (χ3v) is 4.45. The van der Waals surface area contributed by atoms with Crippen LogP contribution in [0.5, 0.6) is 0 Å². The SMILES string of the molecule is Nc1nc2cc(I)c(F)cc2n1-c1ccc(Cl)c(Cl)c1. The fourth-order valence-electron chi connectivity index (χ4n) is 1.99. The fraction of sp³-hybridized carbons (Fsp3) is 0. The number of nitrogen functional groups attached to an aromatic ring is 1. The van der Waals surface area contributed by atoms with E-state index in [-0.39, 0.29) is 11.8 Å². The van der Waals surface area contributed by atoms with Crippen LogP contribution in [0.4, 0.5) is 10.3 Å². The van der Waals surface area contributed by atoms with Crippen molar-refractivity contribution in [1.82, 2.24) is 9.55 Å². The Morgan fingerprint density at radius 2 is 1.90 bits per heavy atom. The van der Waals surface area contributed by atoms with Gasteiger partial charge in [-0.1, -0.05) is 23.2 Å². The van der Waals surface area contributed by atoms with Crippen LogP contribution in [-0.4, -0.2) is 9.55 Å². The number of rotatable bonds is 1. The first-order chi connectivity index (χ1) is 9.47. The summed E-state index contributed by atoms with van der Waals surface area (Å²) in [5, 5.41) is 0.843. The summed E-state index contributed by atoms with van der Waals surface area (Å²) < 4.78 is 15.9. The van der Waals surface area contributed by atoms with Gasteiger partial charge < -0.3 is 5.73 Å². The van der Waals surface area contributed by atoms with Gasteiger partial charge in [-0.25, -0.2) is 9.37 Å². The summed E-state index contributed by atoms with van der Waals surface area (Å²) in [5.41, 5.74) is 7.81. The van der Waals surface area contributed by atoms with Gasteiger partial charge in [0.15, 0.2) is 0 Å². The van der Waals surface area contributed by atoms with Crippen LogP contribution in [0, 0.1) is 9.39 Å². The molecule has 3 aromatic rings. The quantitative estimate of drug-likeness (QED) is 0.581. The number of nitrogens with two attached hydrogens (primary N) is 1. The lowest BCUT2D eigenvalue weighted by Crippen LogP contribution is -2.00. The molecule has 0 spiro atoms. The van der Waals surface area contributed by atoms with Crippen molar-refractivity contribution in [2.24, 2.45) is 0 Å². The maximum Gasteiger partial charge on any atom is 0.205 e. The molecular weight excluding hydrogens is 415 g/mol. The molecule has 0 aliphatic carbocycles. The number of hydrogen-bond acceptors (Lipinski definition) is 2. The molecule has 0 aliphatic rings. The number of nitrogens with zero attached hydrogens (tertiary/aromatic N) is 2. The van der Waals surface area contributed by atoms with Crippen molar-refractivity contribution in [2.75, 3.05) is 5.73 Å². The van der Waals surface area contributed by atoms with Gasteiger partial charge in [0.2, 0.25) is 5.95 Å². The molecule has 0 atom stereocenters. The summed E-state index contributed by atoms with van der Waals surface area (Å²) >= 11 is 13.8. The zero-order chi connectivity index (χ0) is 14.4. The third-order valence-electron chi connectivity index (χ3n) is 2.88. The molecule has 1 heterocycles. The first kappa shape index (κ1) is 13.9. The molecule has 3 nitrogen and oxygen atoms in total. The Kier molecular flexibility index (Phi) is 3.51. The second kappa shape index (κ2) is 5.05. The predicted octanol–water partition coefficient (Wildman–Crippen LogP) is 4.66. The molecule has 0 radical (unpaired) electrons. The maximum absolute atomic E-state index is 13.8. The van der Waals surface area contributed by atoms with E-state index in [1.165, 1.54) is 6.07 Å². The van der Waals surface area contributed by atoms with E-state index in [0.717, 1.165) is 0 Å². The lowest BCUT2D eigenvalue weighted by molar-refractivity contribution is 0.622. The topological polar surface area (TPSA) is 43.8 Å². The molecule has 7 heteroatoms. The Morgan fingerprint density at radius 1 is 1.15 bits per heavy atom. The molecule has 3 rings (SSSR count). The van der Waals surface area contributed by atoms with Gasteiger partial charge in [0.05, 0.1) is 30.3 Å². The Balaban J connectivity index is 2.32. The van der Waals surface area contributed by atoms with Crippen molar-refractivity contribution in [2.45, 2.75) is 0 Å². The normalized spacial score (nSPS) is 11.2. The van der Waals surface area contributed by atoms with Gasteiger partial charge in [-0.05, 0) is 46.9 Å². The maximum atomic E-state index is 13.8. The molecule has 102 valence electrons. The van der Waals surface area contributed by atoms with Crippen molar-refractivity contribution < 1.29 is 4.39 Å². The minimum absolute atomic E-state index is 0.264. The molecule has 0 unspecified atom stereocenters. The van der Waals surface area contributed by atoms with E-state index in [1.54, 1.807) is 28.8 Å². The largest absolute Gasteiger partial charge is 0.369 e. The number of benzene rings is 2. The number of anilines is 1. The van der Waals surface area contributed by atoms with Gasteiger partial charge >= 0.3 is 0 Å². The summed E-state index contributed by atoms with van der Waals surface area (Å²) in [4.78, 5) is 4.24. The molecular formula is C13H7Cl2FIN3. The van der Waals surface area contributed by atoms with Crippen molar-refractivity contribution >= 4 is 62.8 Å². The van der Waals surface area contributed by atoms with Crippen LogP contribution in [0.1, 0.15) is 0 Å². The summed E-state index contributed by atoms with van der Waals surface area (Å²) in [5.74, 6) is -0.0564. The molecule has 1 aromatic heterocycles. The average Bonchev–Trinajstić information content (AvgIpc) is 2.69. The molecule has 0 bridgehead atoms. The van der Waals surface area contributed by atoms with E-state index < -0.39 is 0 Å². The fourth-order valence-corrected chi connectivity index (χ4v) is 2.73. The monoisotopic (exact) mass is 421 g/mol. The average molecular weight is 422 g/mol. The van der Waals surface area contributed by atoms with Gasteiger partial charge in [-0.15, -0.1) is 0 Å². The summed E-state index contributed by atoms with van der Waals surface area (Å²) in [6.45, 7) is 0. The second-order valence-electron chi connectivity index (χ2n) is 4.16. The molecule has 0 amide bonds. The number of fused-ring (bicyclic) bond motifs is 1. The van der Waals surface area contributed by atoms with Gasteiger partial charge in [-0.3, -0.25) is 4.57 Å². The molecule has 0 fully saturated rings. The van der Waals surface area contributed by atoms with Gasteiger partial charge in [0.1, 0.15) is 5.82 Å². The summed E-state index contributed by atoms with van der Waals surface area (Å²) in [7, 11) is 0. The first-order valence-corrected chi connectivity index (χ1v) is 7.39. The number of halogens is 4. The minimum atomic E-state index is -0.320. The van der Waals surface area contributed by atoms with E-state index in [1.807, 2.05) is 22.6 Å². The molecule has 0 aliphatic heterocycles. The van der Waals surface area contributed by atoms with Gasteiger partial charge in [-0.2, -0.15) is 0 Å². The van der Waals surface area contributed by atoms with Crippen LogP contribution < -0.4 is 5.73 Å². The highest BCUT2D eigenvalue weighted by atomic mass is 127. The Labute approximate surface area is 137 Å². The Morgan fingerprint density at radius 3 is 2.60 bits per heavy atom. The number of imidazole rings is 1. The van der Waals surface area contributed by atoms with Gasteiger partial charge in [0.25, 0.3) is 0 Å². The van der Waals surface area contributed by atoms with Crippen LogP contribution in [0.15, 0.2) is 30.3 Å². The van der Waals surface area contributed by atoms with Crippen LogP contribution in [0.3, 0.4) is 0 Å². The molecule has 0 saturated heterocycles. The third kappa shape index (κ3) is 2.23. The van der Waals surface area contributed by atoms with E-state index >= 15 is 0 Å². The van der Waals surface area contributed by atoms with E-state index in [0.29, 0.717) is 30.3 Å². The molecule has 2 aromatic carbocycles. The second-order valence-corrected chi connectivity index (χ2v) is 6.14. The van der Waals surface area contributed by atoms with E-state index in [9.17, 15) is 4.39 Å². The summed E-state index contributed by atoms with van der Waals surface area (Å²) in [6.07, 6.45) is 0. The zero-order valence-corrected chi connectivity index (χ0v) is 13.5. The lowest BCUT2D eigenvalue weighted by Gasteiger charge is -2.08. The molecule has 0 saturated carbocycles. The molecule has 20 heavy (non-hydrogen) atoms. The standard InChI is InChI=1S/C13H7Cl2FIN3/c14-7-2-1-6(3-8(7)15)20-12-4-9(16)10(17)5-11(12)19-13(20)18/h1-5H,(H2,18,19). The zero-order valence-electron chi connectivity index (χ0n) is 9.87. The van der Waals surface area contributed by atoms with Crippen LogP contribution in [0.2, 0.25) is 10.0 Å². The smallest absolute Gasteiger partial charge is 0.205 e.